The van der Waals surface area contributed by atoms with Gasteiger partial charge in [-0.15, -0.1) is 0 Å². The number of fused-ring (bicyclic) bond motifs is 1. The molecule has 3 nitrogen and oxygen atoms in total. The van der Waals surface area contributed by atoms with E-state index in [1.54, 1.807) is 0 Å². The van der Waals surface area contributed by atoms with Gasteiger partial charge >= 0.3 is 0 Å². The minimum absolute atomic E-state index is 0.125. The molecule has 0 bridgehead atoms. The Kier molecular flexibility index (Phi) is 1.50. The Bertz CT molecular complexity index is 151. The van der Waals surface area contributed by atoms with Crippen LogP contribution in [0.3, 0.4) is 0 Å². The van der Waals surface area contributed by atoms with Crippen LogP contribution in [0.15, 0.2) is 0 Å². The van der Waals surface area contributed by atoms with Gasteiger partial charge in [-0.25, -0.2) is 0 Å². The minimum Gasteiger partial charge on any atom is -0.347 e. The Balaban J connectivity index is 2.04. The molecule has 0 saturated carbocycles. The summed E-state index contributed by atoms with van der Waals surface area (Å²) in [5, 5.41) is 0. The van der Waals surface area contributed by atoms with Gasteiger partial charge in [-0.05, 0) is 20.8 Å². The standard InChI is InChI=1S/C8H14O3/c1-5-4-6-7(9-5)11-8(2,3)10-6/h5-7H,4H2,1-3H3/t5-,6?,7?/m0/s1. The molecule has 2 aliphatic rings. The smallest absolute Gasteiger partial charge is 0.187 e. The Morgan fingerprint density at radius 3 is 2.64 bits per heavy atom. The summed E-state index contributed by atoms with van der Waals surface area (Å²) in [5.41, 5.74) is 0. The van der Waals surface area contributed by atoms with Crippen LogP contribution in [0.1, 0.15) is 27.2 Å². The molecule has 2 aliphatic heterocycles. The van der Waals surface area contributed by atoms with E-state index in [4.69, 9.17) is 14.2 Å². The van der Waals surface area contributed by atoms with Crippen molar-refractivity contribution in [2.75, 3.05) is 0 Å². The highest BCUT2D eigenvalue weighted by Gasteiger charge is 2.47. The van der Waals surface area contributed by atoms with Gasteiger partial charge in [-0.1, -0.05) is 0 Å². The predicted molar refractivity (Wildman–Crippen MR) is 39.0 cm³/mol. The van der Waals surface area contributed by atoms with Gasteiger partial charge in [-0.2, -0.15) is 0 Å². The number of hydrogen-bond donors (Lipinski definition) is 0. The molecule has 0 N–H and O–H groups in total. The second kappa shape index (κ2) is 2.19. The summed E-state index contributed by atoms with van der Waals surface area (Å²) < 4.78 is 16.6. The molecule has 3 atom stereocenters. The van der Waals surface area contributed by atoms with Gasteiger partial charge in [0.1, 0.15) is 6.10 Å². The lowest BCUT2D eigenvalue weighted by atomic mass is 10.2. The van der Waals surface area contributed by atoms with Crippen LogP contribution in [0.2, 0.25) is 0 Å². The highest BCUT2D eigenvalue weighted by Crippen LogP contribution is 2.36. The van der Waals surface area contributed by atoms with Crippen molar-refractivity contribution in [3.05, 3.63) is 0 Å². The van der Waals surface area contributed by atoms with Crippen molar-refractivity contribution in [1.29, 1.82) is 0 Å². The summed E-state index contributed by atoms with van der Waals surface area (Å²) in [6.45, 7) is 5.87. The van der Waals surface area contributed by atoms with Gasteiger partial charge in [-0.3, -0.25) is 0 Å². The van der Waals surface area contributed by atoms with E-state index in [1.165, 1.54) is 0 Å². The second-order valence-electron chi connectivity index (χ2n) is 3.72. The molecule has 0 spiro atoms. The number of rotatable bonds is 0. The molecule has 0 aromatic rings. The third-order valence-corrected chi connectivity index (χ3v) is 2.07. The van der Waals surface area contributed by atoms with Crippen molar-refractivity contribution in [2.24, 2.45) is 0 Å². The zero-order valence-corrected chi connectivity index (χ0v) is 7.16. The topological polar surface area (TPSA) is 27.7 Å². The zero-order valence-electron chi connectivity index (χ0n) is 7.16. The first-order chi connectivity index (χ1) is 5.07. The average Bonchev–Trinajstić information content (AvgIpc) is 2.17. The SMILES string of the molecule is C[C@H]1CC2OC(C)(C)OC2O1. The van der Waals surface area contributed by atoms with E-state index in [0.29, 0.717) is 0 Å². The summed E-state index contributed by atoms with van der Waals surface area (Å²) in [6.07, 6.45) is 1.26. The predicted octanol–water partition coefficient (Wildman–Crippen LogP) is 1.27. The molecular formula is C8H14O3. The Morgan fingerprint density at radius 1 is 1.27 bits per heavy atom. The third-order valence-electron chi connectivity index (χ3n) is 2.07. The minimum atomic E-state index is -0.449. The van der Waals surface area contributed by atoms with Crippen LogP contribution in [0.4, 0.5) is 0 Å². The molecule has 0 radical (unpaired) electrons. The summed E-state index contributed by atoms with van der Waals surface area (Å²) in [5.74, 6) is -0.449. The third kappa shape index (κ3) is 1.28. The van der Waals surface area contributed by atoms with E-state index in [1.807, 2.05) is 20.8 Å². The lowest BCUT2D eigenvalue weighted by Crippen LogP contribution is -2.24. The fourth-order valence-corrected chi connectivity index (χ4v) is 1.69. The van der Waals surface area contributed by atoms with Crippen LogP contribution in [0.25, 0.3) is 0 Å². The second-order valence-corrected chi connectivity index (χ2v) is 3.72. The molecule has 2 unspecified atom stereocenters. The highest BCUT2D eigenvalue weighted by atomic mass is 16.8. The highest BCUT2D eigenvalue weighted by molar-refractivity contribution is 4.83. The molecule has 0 aromatic carbocycles. The van der Waals surface area contributed by atoms with E-state index >= 15 is 0 Å². The van der Waals surface area contributed by atoms with E-state index in [9.17, 15) is 0 Å². The molecule has 64 valence electrons. The van der Waals surface area contributed by atoms with Gasteiger partial charge in [0.15, 0.2) is 12.1 Å². The van der Waals surface area contributed by atoms with Crippen LogP contribution in [0, 0.1) is 0 Å². The van der Waals surface area contributed by atoms with Crippen LogP contribution in [-0.4, -0.2) is 24.3 Å². The quantitative estimate of drug-likeness (QED) is 0.531. The first-order valence-corrected chi connectivity index (χ1v) is 4.08. The summed E-state index contributed by atoms with van der Waals surface area (Å²) in [7, 11) is 0. The van der Waals surface area contributed by atoms with E-state index < -0.39 is 5.79 Å². The maximum atomic E-state index is 5.60. The van der Waals surface area contributed by atoms with Crippen LogP contribution in [0.5, 0.6) is 0 Å². The summed E-state index contributed by atoms with van der Waals surface area (Å²) in [4.78, 5) is 0. The molecule has 2 fully saturated rings. The zero-order chi connectivity index (χ0) is 8.06. The van der Waals surface area contributed by atoms with E-state index in [0.717, 1.165) is 6.42 Å². The molecule has 2 heterocycles. The van der Waals surface area contributed by atoms with Crippen LogP contribution < -0.4 is 0 Å². The lowest BCUT2D eigenvalue weighted by Gasteiger charge is -2.18. The van der Waals surface area contributed by atoms with Crippen molar-refractivity contribution in [1.82, 2.24) is 0 Å². The molecular weight excluding hydrogens is 144 g/mol. The first kappa shape index (κ1) is 7.53. The summed E-state index contributed by atoms with van der Waals surface area (Å²) in [6, 6.07) is 0. The Hall–Kier alpha value is -0.120. The largest absolute Gasteiger partial charge is 0.347 e. The van der Waals surface area contributed by atoms with E-state index in [-0.39, 0.29) is 18.5 Å². The van der Waals surface area contributed by atoms with Crippen molar-refractivity contribution in [2.45, 2.75) is 51.5 Å². The van der Waals surface area contributed by atoms with Crippen molar-refractivity contribution < 1.29 is 14.2 Å². The van der Waals surface area contributed by atoms with Crippen molar-refractivity contribution >= 4 is 0 Å². The molecule has 2 saturated heterocycles. The molecule has 2 rings (SSSR count). The normalized spacial score (nSPS) is 47.7. The van der Waals surface area contributed by atoms with Crippen LogP contribution in [-0.2, 0) is 14.2 Å². The van der Waals surface area contributed by atoms with Gasteiger partial charge < -0.3 is 14.2 Å². The van der Waals surface area contributed by atoms with Gasteiger partial charge in [0, 0.05) is 6.42 Å². The van der Waals surface area contributed by atoms with Crippen molar-refractivity contribution in [3.8, 4) is 0 Å². The molecule has 3 heteroatoms. The molecule has 11 heavy (non-hydrogen) atoms. The average molecular weight is 158 g/mol. The number of hydrogen-bond acceptors (Lipinski definition) is 3. The maximum absolute atomic E-state index is 5.60. The Morgan fingerprint density at radius 2 is 2.00 bits per heavy atom. The first-order valence-electron chi connectivity index (χ1n) is 4.08. The molecule has 0 aliphatic carbocycles. The molecule has 0 amide bonds. The van der Waals surface area contributed by atoms with Crippen LogP contribution >= 0.6 is 0 Å². The maximum Gasteiger partial charge on any atom is 0.187 e. The number of ether oxygens (including phenoxy) is 3. The monoisotopic (exact) mass is 158 g/mol. The Labute approximate surface area is 66.6 Å². The van der Waals surface area contributed by atoms with Gasteiger partial charge in [0.05, 0.1) is 6.10 Å². The van der Waals surface area contributed by atoms with Gasteiger partial charge in [0.2, 0.25) is 0 Å². The fourth-order valence-electron chi connectivity index (χ4n) is 1.69. The lowest BCUT2D eigenvalue weighted by molar-refractivity contribution is -0.202. The molecule has 0 aromatic heterocycles. The van der Waals surface area contributed by atoms with Gasteiger partial charge in [0.25, 0.3) is 0 Å². The van der Waals surface area contributed by atoms with E-state index in [2.05, 4.69) is 0 Å². The van der Waals surface area contributed by atoms with Crippen molar-refractivity contribution in [3.63, 3.8) is 0 Å². The fraction of sp³-hybridized carbons (Fsp3) is 1.00. The summed E-state index contributed by atoms with van der Waals surface area (Å²) >= 11 is 0.